The van der Waals surface area contributed by atoms with Crippen LogP contribution < -0.4 is 9.64 Å². The van der Waals surface area contributed by atoms with Gasteiger partial charge in [0.05, 0.1) is 4.47 Å². The van der Waals surface area contributed by atoms with Crippen LogP contribution in [0, 0.1) is 0 Å². The highest BCUT2D eigenvalue weighted by molar-refractivity contribution is 9.11. The van der Waals surface area contributed by atoms with Crippen LogP contribution in [0.2, 0.25) is 0 Å². The lowest BCUT2D eigenvalue weighted by Gasteiger charge is -2.15. The number of ketones is 1. The van der Waals surface area contributed by atoms with Gasteiger partial charge in [-0.15, -0.1) is 0 Å². The van der Waals surface area contributed by atoms with Gasteiger partial charge in [0.2, 0.25) is 5.91 Å². The van der Waals surface area contributed by atoms with Gasteiger partial charge >= 0.3 is 0 Å². The Morgan fingerprint density at radius 3 is 2.50 bits per heavy atom. The van der Waals surface area contributed by atoms with E-state index in [-0.39, 0.29) is 18.3 Å². The molecule has 0 saturated carbocycles. The first kappa shape index (κ1) is 17.2. The fraction of sp³-hybridized carbons (Fsp3) is 0.222. The molecule has 1 fully saturated rings. The van der Waals surface area contributed by atoms with Crippen LogP contribution in [0.15, 0.2) is 51.4 Å². The van der Waals surface area contributed by atoms with Crippen molar-refractivity contribution in [3.05, 3.63) is 57.0 Å². The molecule has 0 spiro atoms. The second-order valence-electron chi connectivity index (χ2n) is 5.48. The molecule has 0 radical (unpaired) electrons. The van der Waals surface area contributed by atoms with Crippen molar-refractivity contribution in [3.8, 4) is 5.75 Å². The maximum atomic E-state index is 12.3. The van der Waals surface area contributed by atoms with Crippen molar-refractivity contribution in [3.63, 3.8) is 0 Å². The highest BCUT2D eigenvalue weighted by Gasteiger charge is 2.21. The third-order valence-electron chi connectivity index (χ3n) is 3.83. The number of nitrogens with zero attached hydrogens (tertiary/aromatic N) is 1. The molecule has 0 N–H and O–H groups in total. The molecule has 0 atom stereocenters. The van der Waals surface area contributed by atoms with E-state index in [0.717, 1.165) is 27.6 Å². The average Bonchev–Trinajstić information content (AvgIpc) is 3.00. The topological polar surface area (TPSA) is 46.6 Å². The molecular weight excluding hydrogens is 438 g/mol. The molecule has 1 aliphatic rings. The molecule has 1 amide bonds. The van der Waals surface area contributed by atoms with Gasteiger partial charge in [-0.2, -0.15) is 0 Å². The van der Waals surface area contributed by atoms with Gasteiger partial charge in [0.25, 0.3) is 0 Å². The van der Waals surface area contributed by atoms with Crippen molar-refractivity contribution < 1.29 is 14.3 Å². The van der Waals surface area contributed by atoms with E-state index < -0.39 is 0 Å². The van der Waals surface area contributed by atoms with E-state index in [2.05, 4.69) is 31.9 Å². The highest BCUT2D eigenvalue weighted by Crippen LogP contribution is 2.28. The SMILES string of the molecule is O=C(COc1ccc(Br)cc1Br)c1ccc(N2CCCC2=O)cc1. The zero-order valence-electron chi connectivity index (χ0n) is 12.8. The standard InChI is InChI=1S/C18H15Br2NO3/c19-13-5-8-17(15(20)10-13)24-11-16(22)12-3-6-14(7-4-12)21-9-1-2-18(21)23/h3-8,10H,1-2,9,11H2. The van der Waals surface area contributed by atoms with Gasteiger partial charge in [-0.1, -0.05) is 15.9 Å². The largest absolute Gasteiger partial charge is 0.484 e. The first-order chi connectivity index (χ1) is 11.5. The van der Waals surface area contributed by atoms with Crippen molar-refractivity contribution >= 4 is 49.2 Å². The Morgan fingerprint density at radius 1 is 1.12 bits per heavy atom. The summed E-state index contributed by atoms with van der Waals surface area (Å²) in [6.45, 7) is 0.703. The van der Waals surface area contributed by atoms with Crippen molar-refractivity contribution in [2.75, 3.05) is 18.1 Å². The van der Waals surface area contributed by atoms with Gasteiger partial charge in [-0.25, -0.2) is 0 Å². The maximum absolute atomic E-state index is 12.3. The summed E-state index contributed by atoms with van der Waals surface area (Å²) >= 11 is 6.77. The van der Waals surface area contributed by atoms with E-state index in [1.165, 1.54) is 0 Å². The predicted octanol–water partition coefficient (Wildman–Crippen LogP) is 4.60. The van der Waals surface area contributed by atoms with Crippen molar-refractivity contribution in [2.45, 2.75) is 12.8 Å². The van der Waals surface area contributed by atoms with E-state index >= 15 is 0 Å². The molecule has 2 aromatic rings. The molecule has 0 aliphatic carbocycles. The van der Waals surface area contributed by atoms with Gasteiger partial charge < -0.3 is 9.64 Å². The normalized spacial score (nSPS) is 14.1. The Kier molecular flexibility index (Phi) is 5.36. The summed E-state index contributed by atoms with van der Waals surface area (Å²) in [5.74, 6) is 0.646. The van der Waals surface area contributed by atoms with Crippen molar-refractivity contribution in [2.24, 2.45) is 0 Å². The average molecular weight is 453 g/mol. The number of halogens is 2. The molecule has 2 aromatic carbocycles. The number of carbonyl (C=O) groups is 2. The van der Waals surface area contributed by atoms with Gasteiger partial charge in [0.1, 0.15) is 5.75 Å². The lowest BCUT2D eigenvalue weighted by atomic mass is 10.1. The summed E-state index contributed by atoms with van der Waals surface area (Å²) in [6.07, 6.45) is 1.48. The van der Waals surface area contributed by atoms with E-state index in [4.69, 9.17) is 4.74 Å². The smallest absolute Gasteiger partial charge is 0.227 e. The summed E-state index contributed by atoms with van der Waals surface area (Å²) in [4.78, 5) is 25.8. The minimum Gasteiger partial charge on any atom is -0.484 e. The first-order valence-electron chi connectivity index (χ1n) is 7.56. The van der Waals surface area contributed by atoms with E-state index in [0.29, 0.717) is 17.7 Å². The number of hydrogen-bond acceptors (Lipinski definition) is 3. The first-order valence-corrected chi connectivity index (χ1v) is 9.14. The maximum Gasteiger partial charge on any atom is 0.227 e. The Morgan fingerprint density at radius 2 is 1.88 bits per heavy atom. The number of carbonyl (C=O) groups excluding carboxylic acids is 2. The molecule has 3 rings (SSSR count). The van der Waals surface area contributed by atoms with Crippen LogP contribution in [0.5, 0.6) is 5.75 Å². The van der Waals surface area contributed by atoms with E-state index in [9.17, 15) is 9.59 Å². The lowest BCUT2D eigenvalue weighted by molar-refractivity contribution is -0.117. The molecule has 124 valence electrons. The monoisotopic (exact) mass is 451 g/mol. The Hall–Kier alpha value is -1.66. The molecule has 0 unspecified atom stereocenters. The molecule has 0 aromatic heterocycles. The van der Waals surface area contributed by atoms with Crippen LogP contribution in [0.1, 0.15) is 23.2 Å². The molecule has 1 heterocycles. The van der Waals surface area contributed by atoms with Crippen LogP contribution in [0.3, 0.4) is 0 Å². The molecule has 6 heteroatoms. The van der Waals surface area contributed by atoms with Gasteiger partial charge in [0, 0.05) is 28.7 Å². The second kappa shape index (κ2) is 7.49. The number of anilines is 1. The summed E-state index contributed by atoms with van der Waals surface area (Å²) < 4.78 is 7.29. The van der Waals surface area contributed by atoms with Crippen molar-refractivity contribution in [1.29, 1.82) is 0 Å². The van der Waals surface area contributed by atoms with Crippen LogP contribution >= 0.6 is 31.9 Å². The number of Topliss-reactive ketones (excluding diaryl/α,β-unsaturated/α-hetero) is 1. The summed E-state index contributed by atoms with van der Waals surface area (Å²) in [5.41, 5.74) is 1.41. The van der Waals surface area contributed by atoms with Crippen LogP contribution in [-0.4, -0.2) is 24.8 Å². The summed E-state index contributed by atoms with van der Waals surface area (Å²) in [6, 6.07) is 12.6. The third kappa shape index (κ3) is 3.87. The van der Waals surface area contributed by atoms with Gasteiger partial charge in [-0.3, -0.25) is 9.59 Å². The van der Waals surface area contributed by atoms with Gasteiger partial charge in [0.15, 0.2) is 12.4 Å². The number of amides is 1. The van der Waals surface area contributed by atoms with Crippen LogP contribution in [0.25, 0.3) is 0 Å². The molecule has 4 nitrogen and oxygen atoms in total. The number of hydrogen-bond donors (Lipinski definition) is 0. The Labute approximate surface area is 157 Å². The molecule has 0 bridgehead atoms. The lowest BCUT2D eigenvalue weighted by Crippen LogP contribution is -2.23. The number of rotatable bonds is 5. The zero-order valence-corrected chi connectivity index (χ0v) is 16.0. The third-order valence-corrected chi connectivity index (χ3v) is 4.94. The minimum atomic E-state index is -0.107. The number of ether oxygens (including phenoxy) is 1. The van der Waals surface area contributed by atoms with E-state index in [1.807, 2.05) is 24.3 Å². The molecule has 24 heavy (non-hydrogen) atoms. The summed E-state index contributed by atoms with van der Waals surface area (Å²) in [5, 5.41) is 0. The predicted molar refractivity (Wildman–Crippen MR) is 99.7 cm³/mol. The second-order valence-corrected chi connectivity index (χ2v) is 7.25. The fourth-order valence-electron chi connectivity index (χ4n) is 2.57. The zero-order chi connectivity index (χ0) is 17.1. The number of benzene rings is 2. The highest BCUT2D eigenvalue weighted by atomic mass is 79.9. The van der Waals surface area contributed by atoms with Gasteiger partial charge in [-0.05, 0) is 64.8 Å². The molecule has 1 saturated heterocycles. The van der Waals surface area contributed by atoms with Crippen LogP contribution in [-0.2, 0) is 4.79 Å². The fourth-order valence-corrected chi connectivity index (χ4v) is 3.73. The molecule has 1 aliphatic heterocycles. The Bertz CT molecular complexity index is 774. The van der Waals surface area contributed by atoms with Crippen LogP contribution in [0.4, 0.5) is 5.69 Å². The molecular formula is C18H15Br2NO3. The minimum absolute atomic E-state index is 0.0395. The quantitative estimate of drug-likeness (QED) is 0.622. The Balaban J connectivity index is 1.63. The summed E-state index contributed by atoms with van der Waals surface area (Å²) in [7, 11) is 0. The van der Waals surface area contributed by atoms with Crippen molar-refractivity contribution in [1.82, 2.24) is 0 Å². The van der Waals surface area contributed by atoms with E-state index in [1.54, 1.807) is 23.1 Å².